The minimum Gasteiger partial charge on any atom is -0.327 e. The first kappa shape index (κ1) is 20.4. The molecule has 1 amide bonds. The zero-order chi connectivity index (χ0) is 20.7. The van der Waals surface area contributed by atoms with Gasteiger partial charge in [-0.2, -0.15) is 0 Å². The molecular formula is C22H27F2N3O. The molecule has 3 atom stereocenters. The SMILES string of the molecule is CN1C(=O)[C@@H](c2ccc(C(C)(F)F)cc2)[C@@](C)(c2ccccc2)NC1(C)CN. The van der Waals surface area contributed by atoms with Crippen LogP contribution in [0.15, 0.2) is 54.6 Å². The summed E-state index contributed by atoms with van der Waals surface area (Å²) in [6, 6.07) is 15.7. The van der Waals surface area contributed by atoms with Gasteiger partial charge in [-0.1, -0.05) is 54.6 Å². The monoisotopic (exact) mass is 387 g/mol. The number of carbonyl (C=O) groups is 1. The van der Waals surface area contributed by atoms with Crippen LogP contribution in [-0.2, 0) is 16.3 Å². The molecule has 0 bridgehead atoms. The molecule has 2 aromatic rings. The van der Waals surface area contributed by atoms with Crippen LogP contribution in [0.5, 0.6) is 0 Å². The number of nitrogens with zero attached hydrogens (tertiary/aromatic N) is 1. The van der Waals surface area contributed by atoms with Crippen molar-refractivity contribution in [3.8, 4) is 0 Å². The molecule has 1 aliphatic heterocycles. The Morgan fingerprint density at radius 1 is 1.11 bits per heavy atom. The van der Waals surface area contributed by atoms with E-state index in [0.717, 1.165) is 12.5 Å². The summed E-state index contributed by atoms with van der Waals surface area (Å²) in [6.45, 7) is 4.96. The van der Waals surface area contributed by atoms with Crippen LogP contribution in [0.3, 0.4) is 0 Å². The quantitative estimate of drug-likeness (QED) is 0.844. The fourth-order valence-electron chi connectivity index (χ4n) is 4.05. The molecule has 0 saturated carbocycles. The Labute approximate surface area is 164 Å². The standard InChI is InChI=1S/C22H27F2N3O/c1-20(14-25)26-21(2,16-8-6-5-7-9-16)18(19(28)27(20)4)15-10-12-17(13-11-15)22(3,23)24/h5-13,18,26H,14,25H2,1-4H3/t18-,20?,21-/m1/s1. The summed E-state index contributed by atoms with van der Waals surface area (Å²) in [5, 5.41) is 3.58. The molecule has 28 heavy (non-hydrogen) atoms. The largest absolute Gasteiger partial charge is 0.327 e. The van der Waals surface area contributed by atoms with Gasteiger partial charge in [-0.3, -0.25) is 10.1 Å². The Hall–Kier alpha value is -2.31. The Balaban J connectivity index is 2.14. The molecule has 0 radical (unpaired) electrons. The molecule has 1 saturated heterocycles. The highest BCUT2D eigenvalue weighted by Crippen LogP contribution is 2.44. The van der Waals surface area contributed by atoms with Crippen LogP contribution in [0.1, 0.15) is 43.4 Å². The number of nitrogens with two attached hydrogens (primary N) is 1. The second kappa shape index (κ2) is 6.94. The lowest BCUT2D eigenvalue weighted by Crippen LogP contribution is -2.73. The third kappa shape index (κ3) is 3.31. The minimum atomic E-state index is -2.93. The van der Waals surface area contributed by atoms with Crippen molar-refractivity contribution in [1.82, 2.24) is 10.2 Å². The van der Waals surface area contributed by atoms with Gasteiger partial charge in [-0.05, 0) is 25.0 Å². The van der Waals surface area contributed by atoms with Crippen LogP contribution in [0.2, 0.25) is 0 Å². The van der Waals surface area contributed by atoms with Gasteiger partial charge in [0.1, 0.15) is 5.66 Å². The summed E-state index contributed by atoms with van der Waals surface area (Å²) in [5.74, 6) is -3.61. The van der Waals surface area contributed by atoms with Crippen LogP contribution in [-0.4, -0.2) is 30.1 Å². The van der Waals surface area contributed by atoms with Gasteiger partial charge in [-0.15, -0.1) is 0 Å². The number of hydrogen-bond donors (Lipinski definition) is 2. The van der Waals surface area contributed by atoms with E-state index in [4.69, 9.17) is 5.73 Å². The van der Waals surface area contributed by atoms with Gasteiger partial charge in [0.15, 0.2) is 0 Å². The number of nitrogens with one attached hydrogen (secondary N) is 1. The fraction of sp³-hybridized carbons (Fsp3) is 0.409. The molecule has 1 fully saturated rings. The van der Waals surface area contributed by atoms with Gasteiger partial charge in [0.05, 0.1) is 11.5 Å². The maximum absolute atomic E-state index is 13.6. The molecule has 0 aliphatic carbocycles. The molecule has 4 nitrogen and oxygen atoms in total. The third-order valence-corrected chi connectivity index (χ3v) is 5.95. The van der Waals surface area contributed by atoms with Crippen molar-refractivity contribution in [2.24, 2.45) is 5.73 Å². The number of carbonyl (C=O) groups excluding carboxylic acids is 1. The lowest BCUT2D eigenvalue weighted by atomic mass is 9.71. The number of alkyl halides is 2. The Kier molecular flexibility index (Phi) is 5.06. The van der Waals surface area contributed by atoms with Crippen molar-refractivity contribution in [1.29, 1.82) is 0 Å². The lowest BCUT2D eigenvalue weighted by Gasteiger charge is -2.55. The van der Waals surface area contributed by atoms with Crippen molar-refractivity contribution in [3.05, 3.63) is 71.3 Å². The summed E-state index contributed by atoms with van der Waals surface area (Å²) in [7, 11) is 1.72. The van der Waals surface area contributed by atoms with Crippen LogP contribution in [0.4, 0.5) is 8.78 Å². The number of halogens is 2. The Bertz CT molecular complexity index is 850. The second-order valence-corrected chi connectivity index (χ2v) is 8.01. The molecule has 1 heterocycles. The summed E-state index contributed by atoms with van der Waals surface area (Å²) < 4.78 is 27.3. The third-order valence-electron chi connectivity index (χ3n) is 5.95. The van der Waals surface area contributed by atoms with E-state index in [0.29, 0.717) is 5.56 Å². The van der Waals surface area contributed by atoms with Gasteiger partial charge in [0, 0.05) is 26.1 Å². The van der Waals surface area contributed by atoms with Crippen LogP contribution in [0.25, 0.3) is 0 Å². The molecule has 2 aromatic carbocycles. The van der Waals surface area contributed by atoms with Gasteiger partial charge >= 0.3 is 0 Å². The van der Waals surface area contributed by atoms with Gasteiger partial charge < -0.3 is 10.6 Å². The van der Waals surface area contributed by atoms with Crippen LogP contribution in [0, 0.1) is 0 Å². The lowest BCUT2D eigenvalue weighted by molar-refractivity contribution is -0.148. The predicted molar refractivity (Wildman–Crippen MR) is 106 cm³/mol. The van der Waals surface area contributed by atoms with Crippen LogP contribution >= 0.6 is 0 Å². The molecular weight excluding hydrogens is 360 g/mol. The average Bonchev–Trinajstić information content (AvgIpc) is 2.67. The van der Waals surface area contributed by atoms with E-state index >= 15 is 0 Å². The van der Waals surface area contributed by atoms with Crippen molar-refractivity contribution in [3.63, 3.8) is 0 Å². The zero-order valence-corrected chi connectivity index (χ0v) is 16.7. The first-order valence-electron chi connectivity index (χ1n) is 9.34. The van der Waals surface area contributed by atoms with Gasteiger partial charge in [0.25, 0.3) is 5.92 Å². The molecule has 1 unspecified atom stereocenters. The number of amides is 1. The van der Waals surface area contributed by atoms with E-state index < -0.39 is 23.0 Å². The Morgan fingerprint density at radius 3 is 2.18 bits per heavy atom. The van der Waals surface area contributed by atoms with Gasteiger partial charge in [-0.25, -0.2) is 8.78 Å². The topological polar surface area (TPSA) is 58.4 Å². The number of likely N-dealkylation sites (N-methyl/N-ethyl adjacent to an activating group) is 1. The molecule has 1 aliphatic rings. The maximum Gasteiger partial charge on any atom is 0.270 e. The molecule has 0 spiro atoms. The van der Waals surface area contributed by atoms with Crippen molar-refractivity contribution < 1.29 is 13.6 Å². The fourth-order valence-corrected chi connectivity index (χ4v) is 4.05. The van der Waals surface area contributed by atoms with E-state index in [1.54, 1.807) is 24.1 Å². The van der Waals surface area contributed by atoms with E-state index in [1.807, 2.05) is 44.2 Å². The summed E-state index contributed by atoms with van der Waals surface area (Å²) in [5.41, 5.74) is 6.06. The number of rotatable bonds is 4. The van der Waals surface area contributed by atoms with Crippen molar-refractivity contribution in [2.75, 3.05) is 13.6 Å². The van der Waals surface area contributed by atoms with Crippen LogP contribution < -0.4 is 11.1 Å². The summed E-state index contributed by atoms with van der Waals surface area (Å²) in [6.07, 6.45) is 0. The minimum absolute atomic E-state index is 0.0750. The number of hydrogen-bond acceptors (Lipinski definition) is 3. The summed E-state index contributed by atoms with van der Waals surface area (Å²) in [4.78, 5) is 15.1. The first-order valence-corrected chi connectivity index (χ1v) is 9.34. The highest BCUT2D eigenvalue weighted by atomic mass is 19.3. The zero-order valence-electron chi connectivity index (χ0n) is 16.7. The van der Waals surface area contributed by atoms with E-state index in [1.165, 1.54) is 12.1 Å². The highest BCUT2D eigenvalue weighted by molar-refractivity contribution is 5.87. The first-order chi connectivity index (χ1) is 13.0. The predicted octanol–water partition coefficient (Wildman–Crippen LogP) is 3.53. The normalized spacial score (nSPS) is 28.5. The molecule has 150 valence electrons. The summed E-state index contributed by atoms with van der Waals surface area (Å²) >= 11 is 0. The van der Waals surface area contributed by atoms with E-state index in [2.05, 4.69) is 5.32 Å². The van der Waals surface area contributed by atoms with E-state index in [9.17, 15) is 13.6 Å². The van der Waals surface area contributed by atoms with Crippen molar-refractivity contribution in [2.45, 2.75) is 43.8 Å². The molecule has 3 N–H and O–H groups in total. The van der Waals surface area contributed by atoms with Crippen molar-refractivity contribution >= 4 is 5.91 Å². The second-order valence-electron chi connectivity index (χ2n) is 8.01. The highest BCUT2D eigenvalue weighted by Gasteiger charge is 2.53. The molecule has 0 aromatic heterocycles. The van der Waals surface area contributed by atoms with Gasteiger partial charge in [0.2, 0.25) is 5.91 Å². The smallest absolute Gasteiger partial charge is 0.270 e. The maximum atomic E-state index is 13.6. The average molecular weight is 387 g/mol. The van der Waals surface area contributed by atoms with E-state index in [-0.39, 0.29) is 18.0 Å². The number of benzene rings is 2. The molecule has 3 rings (SSSR count). The Morgan fingerprint density at radius 2 is 1.68 bits per heavy atom. The molecule has 6 heteroatoms.